The van der Waals surface area contributed by atoms with E-state index in [0.717, 1.165) is 16.9 Å². The summed E-state index contributed by atoms with van der Waals surface area (Å²) in [4.78, 5) is 49.8. The molecule has 1 unspecified atom stereocenters. The van der Waals surface area contributed by atoms with Crippen molar-refractivity contribution in [1.82, 2.24) is 14.4 Å². The lowest BCUT2D eigenvalue weighted by Crippen LogP contribution is -2.29. The number of ketones is 1. The molecule has 0 spiro atoms. The van der Waals surface area contributed by atoms with E-state index in [1.165, 1.54) is 4.90 Å². The lowest BCUT2D eigenvalue weighted by atomic mass is 9.96. The highest BCUT2D eigenvalue weighted by molar-refractivity contribution is 7.17. The summed E-state index contributed by atoms with van der Waals surface area (Å²) in [6.07, 6.45) is 1.82. The van der Waals surface area contributed by atoms with E-state index < -0.39 is 23.7 Å². The summed E-state index contributed by atoms with van der Waals surface area (Å²) in [5, 5.41) is 11.7. The average Bonchev–Trinajstić information content (AvgIpc) is 3.52. The molecule has 1 atom stereocenters. The number of hydrogen-bond acceptors (Lipinski definition) is 8. The fraction of sp³-hybridized carbons (Fsp3) is 0.222. The van der Waals surface area contributed by atoms with Crippen LogP contribution in [0.2, 0.25) is 0 Å². The predicted molar refractivity (Wildman–Crippen MR) is 139 cm³/mol. The molecule has 10 heteroatoms. The number of pyridine rings is 1. The summed E-state index contributed by atoms with van der Waals surface area (Å²) in [6.45, 7) is 7.23. The molecule has 1 aromatic carbocycles. The Morgan fingerprint density at radius 3 is 2.49 bits per heavy atom. The molecule has 0 radical (unpaired) electrons. The van der Waals surface area contributed by atoms with E-state index in [0.29, 0.717) is 22.6 Å². The van der Waals surface area contributed by atoms with E-state index in [1.807, 2.05) is 35.7 Å². The Morgan fingerprint density at radius 1 is 1.08 bits per heavy atom. The highest BCUT2D eigenvalue weighted by Crippen LogP contribution is 2.44. The Morgan fingerprint density at radius 2 is 1.81 bits per heavy atom. The number of benzene rings is 1. The van der Waals surface area contributed by atoms with Crippen LogP contribution < -0.4 is 4.90 Å². The van der Waals surface area contributed by atoms with Crippen LogP contribution in [0.5, 0.6) is 0 Å². The molecule has 3 aromatic heterocycles. The zero-order valence-corrected chi connectivity index (χ0v) is 21.5. The van der Waals surface area contributed by atoms with Crippen molar-refractivity contribution in [3.63, 3.8) is 0 Å². The minimum atomic E-state index is -0.966. The van der Waals surface area contributed by atoms with Crippen molar-refractivity contribution < 1.29 is 24.2 Å². The van der Waals surface area contributed by atoms with Crippen LogP contribution in [0.1, 0.15) is 50.8 Å². The molecule has 9 nitrogen and oxygen atoms in total. The van der Waals surface area contributed by atoms with Gasteiger partial charge in [-0.15, -0.1) is 0 Å². The molecule has 0 aliphatic carbocycles. The van der Waals surface area contributed by atoms with Gasteiger partial charge in [0, 0.05) is 6.20 Å². The minimum absolute atomic E-state index is 0.0918. The van der Waals surface area contributed by atoms with Crippen LogP contribution in [0.25, 0.3) is 11.4 Å². The number of ether oxygens (including phenoxy) is 1. The number of thiazole rings is 1. The highest BCUT2D eigenvalue weighted by Gasteiger charge is 2.49. The topological polar surface area (TPSA) is 114 Å². The Balaban J connectivity index is 1.72. The normalized spacial score (nSPS) is 17.1. The van der Waals surface area contributed by atoms with Crippen molar-refractivity contribution in [3.8, 4) is 0 Å². The molecule has 5 rings (SSSR count). The first-order chi connectivity index (χ1) is 17.7. The van der Waals surface area contributed by atoms with E-state index in [2.05, 4.69) is 9.97 Å². The third kappa shape index (κ3) is 3.89. The molecule has 1 aliphatic heterocycles. The molecule has 4 heterocycles. The zero-order chi connectivity index (χ0) is 26.4. The number of hydrogen-bond donors (Lipinski definition) is 1. The molecule has 1 saturated heterocycles. The minimum Gasteiger partial charge on any atom is -0.505 e. The van der Waals surface area contributed by atoms with Gasteiger partial charge in [-0.3, -0.25) is 14.5 Å². The Labute approximate surface area is 216 Å². The number of aryl methyl sites for hydroxylation is 3. The SMILES string of the molecule is CCOC(=O)c1sc(N2C(=O)C(=O)C(=C(O)c3nc4c(C)cccn4c3C)C2c2ccccc2)nc1C. The van der Waals surface area contributed by atoms with Gasteiger partial charge in [-0.25, -0.2) is 14.8 Å². The van der Waals surface area contributed by atoms with E-state index in [-0.39, 0.29) is 33.6 Å². The largest absolute Gasteiger partial charge is 0.505 e. The van der Waals surface area contributed by atoms with Crippen molar-refractivity contribution in [3.05, 3.63) is 87.3 Å². The molecule has 1 amide bonds. The number of imidazole rings is 1. The number of esters is 1. The van der Waals surface area contributed by atoms with Gasteiger partial charge in [-0.1, -0.05) is 47.7 Å². The van der Waals surface area contributed by atoms with Crippen LogP contribution in [0, 0.1) is 20.8 Å². The van der Waals surface area contributed by atoms with Gasteiger partial charge in [-0.2, -0.15) is 0 Å². The lowest BCUT2D eigenvalue weighted by molar-refractivity contribution is -0.132. The molecule has 1 aliphatic rings. The quantitative estimate of drug-likeness (QED) is 0.180. The first-order valence-corrected chi connectivity index (χ1v) is 12.5. The van der Waals surface area contributed by atoms with Gasteiger partial charge >= 0.3 is 11.9 Å². The molecular formula is C27H24N4O5S. The lowest BCUT2D eigenvalue weighted by Gasteiger charge is -2.22. The van der Waals surface area contributed by atoms with Crippen molar-refractivity contribution in [2.45, 2.75) is 33.7 Å². The smallest absolute Gasteiger partial charge is 0.350 e. The van der Waals surface area contributed by atoms with E-state index in [9.17, 15) is 19.5 Å². The number of aliphatic hydroxyl groups is 1. The van der Waals surface area contributed by atoms with Gasteiger partial charge in [0.15, 0.2) is 10.9 Å². The highest BCUT2D eigenvalue weighted by atomic mass is 32.1. The van der Waals surface area contributed by atoms with Crippen LogP contribution in [0.15, 0.2) is 54.2 Å². The number of carbonyl (C=O) groups excluding carboxylic acids is 3. The summed E-state index contributed by atoms with van der Waals surface area (Å²) in [6, 6.07) is 11.7. The van der Waals surface area contributed by atoms with E-state index >= 15 is 0 Å². The summed E-state index contributed by atoms with van der Waals surface area (Å²) < 4.78 is 6.94. The maximum Gasteiger partial charge on any atom is 0.350 e. The standard InChI is InChI=1S/C27H24N4O5S/c1-5-36-26(35)23-15(3)28-27(37-23)31-20(17-11-7-6-8-12-17)18(22(33)25(31)34)21(32)19-16(4)30-13-9-10-14(2)24(30)29-19/h6-13,20,32H,5H2,1-4H3. The second-order valence-electron chi connectivity index (χ2n) is 8.64. The number of amides is 1. The van der Waals surface area contributed by atoms with Gasteiger partial charge in [-0.05, 0) is 44.9 Å². The van der Waals surface area contributed by atoms with Crippen molar-refractivity contribution in [2.24, 2.45) is 0 Å². The molecule has 0 bridgehead atoms. The fourth-order valence-corrected chi connectivity index (χ4v) is 5.51. The first kappa shape index (κ1) is 24.4. The number of carbonyl (C=O) groups is 3. The molecule has 4 aromatic rings. The van der Waals surface area contributed by atoms with Crippen molar-refractivity contribution in [1.29, 1.82) is 0 Å². The average molecular weight is 517 g/mol. The summed E-state index contributed by atoms with van der Waals surface area (Å²) in [5.41, 5.74) is 3.28. The van der Waals surface area contributed by atoms with Crippen LogP contribution >= 0.6 is 11.3 Å². The monoisotopic (exact) mass is 516 g/mol. The van der Waals surface area contributed by atoms with Gasteiger partial charge in [0.2, 0.25) is 0 Å². The maximum atomic E-state index is 13.5. The van der Waals surface area contributed by atoms with Crippen LogP contribution in [0.3, 0.4) is 0 Å². The second kappa shape index (κ2) is 9.29. The third-order valence-electron chi connectivity index (χ3n) is 6.32. The molecule has 188 valence electrons. The Hall–Kier alpha value is -4.31. The summed E-state index contributed by atoms with van der Waals surface area (Å²) >= 11 is 0.971. The molecule has 1 fully saturated rings. The van der Waals surface area contributed by atoms with Crippen LogP contribution in [-0.4, -0.2) is 43.7 Å². The van der Waals surface area contributed by atoms with Gasteiger partial charge in [0.25, 0.3) is 5.78 Å². The van der Waals surface area contributed by atoms with Crippen molar-refractivity contribution >= 4 is 45.5 Å². The molecular weight excluding hydrogens is 492 g/mol. The number of fused-ring (bicyclic) bond motifs is 1. The van der Waals surface area contributed by atoms with E-state index in [4.69, 9.17) is 4.74 Å². The van der Waals surface area contributed by atoms with Crippen LogP contribution in [-0.2, 0) is 14.3 Å². The third-order valence-corrected chi connectivity index (χ3v) is 7.46. The fourth-order valence-electron chi connectivity index (χ4n) is 4.53. The van der Waals surface area contributed by atoms with Crippen molar-refractivity contribution in [2.75, 3.05) is 11.5 Å². The Bertz CT molecular complexity index is 1600. The van der Waals surface area contributed by atoms with E-state index in [1.54, 1.807) is 45.0 Å². The summed E-state index contributed by atoms with van der Waals surface area (Å²) in [5.74, 6) is -2.62. The second-order valence-corrected chi connectivity index (χ2v) is 9.62. The summed E-state index contributed by atoms with van der Waals surface area (Å²) in [7, 11) is 0. The number of aliphatic hydroxyl groups excluding tert-OH is 1. The number of anilines is 1. The molecule has 37 heavy (non-hydrogen) atoms. The first-order valence-electron chi connectivity index (χ1n) is 11.7. The molecule has 0 saturated carbocycles. The maximum absolute atomic E-state index is 13.5. The van der Waals surface area contributed by atoms with Crippen LogP contribution in [0.4, 0.5) is 5.13 Å². The number of Topliss-reactive ketones (excluding diaryl/α,β-unsaturated/α-hetero) is 1. The zero-order valence-electron chi connectivity index (χ0n) is 20.7. The Kier molecular flexibility index (Phi) is 6.12. The number of nitrogens with zero attached hydrogens (tertiary/aromatic N) is 4. The van der Waals surface area contributed by atoms with Gasteiger partial charge < -0.3 is 14.2 Å². The van der Waals surface area contributed by atoms with Gasteiger partial charge in [0.1, 0.15) is 16.2 Å². The predicted octanol–water partition coefficient (Wildman–Crippen LogP) is 4.52. The molecule has 1 N–H and O–H groups in total. The number of aromatic nitrogens is 3. The van der Waals surface area contributed by atoms with Gasteiger partial charge in [0.05, 0.1) is 29.6 Å². The number of rotatable bonds is 5.